The van der Waals surface area contributed by atoms with Crippen molar-refractivity contribution in [3.63, 3.8) is 0 Å². The number of nitrogens with one attached hydrogen (secondary N) is 1. The zero-order valence-electron chi connectivity index (χ0n) is 40.9. The van der Waals surface area contributed by atoms with Crippen LogP contribution in [0.2, 0.25) is 0 Å². The van der Waals surface area contributed by atoms with Gasteiger partial charge in [0.15, 0.2) is 34.8 Å². The number of aryl methyl sites for hydroxylation is 2. The molecule has 29 heteroatoms. The van der Waals surface area contributed by atoms with Gasteiger partial charge in [0, 0.05) is 53.7 Å². The summed E-state index contributed by atoms with van der Waals surface area (Å²) in [6.07, 6.45) is -8.82. The van der Waals surface area contributed by atoms with Gasteiger partial charge in [0.05, 0.1) is 67.9 Å². The number of amides is 2. The largest absolute Gasteiger partial charge is 0.501 e. The Morgan fingerprint density at radius 1 is 0.961 bits per heavy atom. The lowest BCUT2D eigenvalue weighted by Crippen LogP contribution is -2.61. The molecule has 6 atom stereocenters. The number of aliphatic hydroxyl groups excluding tert-OH is 3. The van der Waals surface area contributed by atoms with Crippen LogP contribution in [0.4, 0.5) is 4.39 Å². The second-order valence-corrected chi connectivity index (χ2v) is 19.7. The Morgan fingerprint density at radius 2 is 1.73 bits per heavy atom. The Balaban J connectivity index is 0.945. The number of aliphatic carboxylic acids is 2. The summed E-state index contributed by atoms with van der Waals surface area (Å²) >= 11 is 0. The van der Waals surface area contributed by atoms with E-state index in [1.165, 1.54) is 27.3 Å². The van der Waals surface area contributed by atoms with Gasteiger partial charge in [-0.15, -0.1) is 13.5 Å². The number of rotatable bonds is 20. The Labute approximate surface area is 434 Å². The Bertz CT molecular complexity index is 3410. The third-order valence-corrected chi connectivity index (χ3v) is 14.3. The van der Waals surface area contributed by atoms with Crippen LogP contribution in [0.3, 0.4) is 0 Å². The fraction of sp³-hybridized carbons (Fsp3) is 0.438. The second-order valence-electron chi connectivity index (χ2n) is 18.5. The third kappa shape index (κ3) is 10.6. The van der Waals surface area contributed by atoms with E-state index in [0.29, 0.717) is 40.7 Å². The van der Waals surface area contributed by atoms with Gasteiger partial charge >= 0.3 is 28.3 Å². The number of halogens is 1. The fourth-order valence-corrected chi connectivity index (χ4v) is 10.3. The minimum Gasteiger partial charge on any atom is -0.481 e. The molecule has 27 nitrogen and oxygen atoms in total. The predicted octanol–water partition coefficient (Wildman–Crippen LogP) is -0.458. The summed E-state index contributed by atoms with van der Waals surface area (Å²) in [6.45, 7) is 1.50. The first kappa shape index (κ1) is 54.1. The molecule has 3 aromatic heterocycles. The molecule has 2 amide bonds. The summed E-state index contributed by atoms with van der Waals surface area (Å²) in [5, 5.41) is 71.9. The minimum atomic E-state index is -5.46. The minimum absolute atomic E-state index is 0.000896. The average molecular weight is 1100 g/mol. The predicted molar refractivity (Wildman–Crippen MR) is 255 cm³/mol. The fourth-order valence-electron chi connectivity index (χ4n) is 9.53. The van der Waals surface area contributed by atoms with E-state index in [1.807, 2.05) is 0 Å². The van der Waals surface area contributed by atoms with E-state index < -0.39 is 105 Å². The summed E-state index contributed by atoms with van der Waals surface area (Å²) < 4.78 is 79.8. The number of likely N-dealkylation sites (N-methyl/N-ethyl adjacent to an activating group) is 1. The smallest absolute Gasteiger partial charge is 0.481 e. The van der Waals surface area contributed by atoms with Gasteiger partial charge in [-0.3, -0.25) is 19.2 Å². The van der Waals surface area contributed by atoms with Crippen molar-refractivity contribution in [3.05, 3.63) is 91.8 Å². The zero-order chi connectivity index (χ0) is 55.2. The van der Waals surface area contributed by atoms with Crippen molar-refractivity contribution in [3.8, 4) is 28.6 Å². The highest BCUT2D eigenvalue weighted by Gasteiger charge is 2.49. The van der Waals surface area contributed by atoms with Crippen molar-refractivity contribution in [1.82, 2.24) is 34.8 Å². The number of hydrogen-bond acceptors (Lipinski definition) is 21. The number of aliphatic hydroxyl groups is 4. The SMILES string of the molecule is CC[C@@]1(O)C(=O)OCc2c1cc1n(c2=O)Cc2c-1nc1cc(F)c(OS(=O)(=O)Oc3cc(C(=O)N(C)CCOCCn4cc(CNC(=O)CCC(=O)O)nn4)ccc3O[C@@H]3O[C@H](C(=O)O)[C@@H](O)[C@H](O)[C@H]3O)c3c1c2CCC3. The number of carbonyl (C=O) groups excluding carboxylic acids is 3. The summed E-state index contributed by atoms with van der Waals surface area (Å²) in [5.41, 5.74) is -0.358. The first-order valence-electron chi connectivity index (χ1n) is 24.0. The standard InChI is InChI=1S/C48H50FN7O20S/c1-3-48(68)28-16-31-37-26(20-56(31)44(64)27(28)21-72-47(48)67)24-5-4-6-25-36(24)30(51-37)17-29(49)41(25)76-77(69,70)75-33-15-22(7-8-32(33)73-46-40(62)38(60)39(61)42(74-46)45(65)66)43(63)54(2)11-13-71-14-12-55-19-23(52-53-55)18-50-34(57)9-10-35(58)59/h7-8,15-17,19,38-40,42,46,60-62,68H,3-6,9-14,18,20-21H2,1-2H3,(H,50,57)(H,58,59)(H,65,66)/t38-,39-,40+,42-,46+,48-/m0/s1. The van der Waals surface area contributed by atoms with Crippen LogP contribution in [0.5, 0.6) is 17.2 Å². The van der Waals surface area contributed by atoms with Crippen LogP contribution >= 0.6 is 0 Å². The molecule has 4 aliphatic rings. The highest BCUT2D eigenvalue weighted by molar-refractivity contribution is 7.82. The lowest BCUT2D eigenvalue weighted by atomic mass is 9.85. The zero-order valence-corrected chi connectivity index (χ0v) is 41.7. The van der Waals surface area contributed by atoms with Crippen LogP contribution in [0.25, 0.3) is 22.3 Å². The molecule has 0 bridgehead atoms. The number of carboxylic acid groups (broad SMARTS) is 2. The third-order valence-electron chi connectivity index (χ3n) is 13.6. The summed E-state index contributed by atoms with van der Waals surface area (Å²) in [7, 11) is -4.06. The Hall–Kier alpha value is -7.67. The van der Waals surface area contributed by atoms with E-state index in [0.717, 1.165) is 24.3 Å². The van der Waals surface area contributed by atoms with Gasteiger partial charge in [-0.05, 0) is 55.5 Å². The molecule has 1 saturated heterocycles. The molecule has 9 rings (SSSR count). The van der Waals surface area contributed by atoms with E-state index in [4.69, 9.17) is 37.4 Å². The maximum absolute atomic E-state index is 16.4. The average Bonchev–Trinajstić information content (AvgIpc) is 4.06. The van der Waals surface area contributed by atoms with Gasteiger partial charge in [0.25, 0.3) is 11.5 Å². The normalized spacial score (nSPS) is 21.3. The number of aromatic nitrogens is 5. The van der Waals surface area contributed by atoms with Crippen molar-refractivity contribution >= 4 is 51.0 Å². The maximum atomic E-state index is 16.4. The number of carboxylic acids is 2. The number of cyclic esters (lactones) is 1. The van der Waals surface area contributed by atoms with Gasteiger partial charge in [-0.1, -0.05) is 12.1 Å². The van der Waals surface area contributed by atoms with Crippen molar-refractivity contribution in [2.75, 3.05) is 26.8 Å². The molecule has 0 spiro atoms. The van der Waals surface area contributed by atoms with Gasteiger partial charge in [0.2, 0.25) is 12.2 Å². The molecule has 1 fully saturated rings. The molecular formula is C48H50FN7O20S. The number of hydrogen-bond donors (Lipinski definition) is 7. The van der Waals surface area contributed by atoms with E-state index in [-0.39, 0.29) is 105 Å². The number of carbonyl (C=O) groups is 5. The van der Waals surface area contributed by atoms with Crippen LogP contribution in [0.15, 0.2) is 41.3 Å². The number of benzene rings is 2. The molecule has 77 heavy (non-hydrogen) atoms. The van der Waals surface area contributed by atoms with E-state index in [2.05, 4.69) is 15.6 Å². The van der Waals surface area contributed by atoms with Crippen LogP contribution in [0, 0.1) is 5.82 Å². The van der Waals surface area contributed by atoms with Crippen LogP contribution < -0.4 is 24.0 Å². The van der Waals surface area contributed by atoms with E-state index >= 15 is 4.39 Å². The first-order chi connectivity index (χ1) is 36.6. The Morgan fingerprint density at radius 3 is 2.47 bits per heavy atom. The van der Waals surface area contributed by atoms with Crippen molar-refractivity contribution in [1.29, 1.82) is 0 Å². The van der Waals surface area contributed by atoms with Crippen LogP contribution in [-0.2, 0) is 88.5 Å². The molecule has 6 heterocycles. The first-order valence-corrected chi connectivity index (χ1v) is 25.3. The molecule has 0 saturated carbocycles. The topological polar surface area (TPSA) is 377 Å². The lowest BCUT2D eigenvalue weighted by Gasteiger charge is -2.38. The summed E-state index contributed by atoms with van der Waals surface area (Å²) in [6, 6.07) is 5.50. The number of ether oxygens (including phenoxy) is 4. The molecule has 410 valence electrons. The molecule has 2 aromatic carbocycles. The number of fused-ring (bicyclic) bond motifs is 5. The molecular weight excluding hydrogens is 1050 g/mol. The van der Waals surface area contributed by atoms with E-state index in [9.17, 15) is 62.7 Å². The van der Waals surface area contributed by atoms with Gasteiger partial charge in [-0.25, -0.2) is 23.6 Å². The van der Waals surface area contributed by atoms with Gasteiger partial charge in [0.1, 0.15) is 30.6 Å². The molecule has 0 unspecified atom stereocenters. The van der Waals surface area contributed by atoms with E-state index in [1.54, 1.807) is 13.1 Å². The summed E-state index contributed by atoms with van der Waals surface area (Å²) in [5.74, 6) is -8.37. The second kappa shape index (κ2) is 21.4. The van der Waals surface area contributed by atoms with Crippen molar-refractivity contribution in [2.24, 2.45) is 0 Å². The summed E-state index contributed by atoms with van der Waals surface area (Å²) in [4.78, 5) is 80.7. The quantitative estimate of drug-likeness (QED) is 0.0376. The molecule has 1 aliphatic carbocycles. The van der Waals surface area contributed by atoms with Crippen LogP contribution in [0.1, 0.15) is 76.5 Å². The number of pyridine rings is 2. The number of nitrogens with zero attached hydrogens (tertiary/aromatic N) is 6. The highest BCUT2D eigenvalue weighted by atomic mass is 32.3. The molecule has 3 aliphatic heterocycles. The Kier molecular flexibility index (Phi) is 15.0. The monoisotopic (exact) mass is 1100 g/mol. The van der Waals surface area contributed by atoms with Crippen LogP contribution in [-0.4, -0.2) is 156 Å². The lowest BCUT2D eigenvalue weighted by molar-refractivity contribution is -0.271. The van der Waals surface area contributed by atoms with Crippen molar-refractivity contribution in [2.45, 2.75) is 108 Å². The van der Waals surface area contributed by atoms with Gasteiger partial charge in [-0.2, -0.15) is 0 Å². The molecule has 0 radical (unpaired) electrons. The van der Waals surface area contributed by atoms with Gasteiger partial charge < -0.3 is 72.7 Å². The highest BCUT2D eigenvalue weighted by Crippen LogP contribution is 2.45. The molecule has 5 aromatic rings. The molecule has 7 N–H and O–H groups in total. The number of esters is 1. The van der Waals surface area contributed by atoms with Crippen molar-refractivity contribution < 1.29 is 94.7 Å². The maximum Gasteiger partial charge on any atom is 0.501 e.